The fraction of sp³-hybridized carbons (Fsp3) is 0. The van der Waals surface area contributed by atoms with Gasteiger partial charge in [0.25, 0.3) is 5.91 Å². The van der Waals surface area contributed by atoms with Crippen LogP contribution in [0.25, 0.3) is 17.3 Å². The summed E-state index contributed by atoms with van der Waals surface area (Å²) in [4.78, 5) is 16.5. The Bertz CT molecular complexity index is 911. The molecule has 4 rings (SSSR count). The van der Waals surface area contributed by atoms with E-state index in [2.05, 4.69) is 10.3 Å². The molecule has 1 amide bonds. The summed E-state index contributed by atoms with van der Waals surface area (Å²) in [5.41, 5.74) is 3.92. The summed E-state index contributed by atoms with van der Waals surface area (Å²) >= 11 is 5.95. The molecular weight excluding hydrogens is 286 g/mol. The summed E-state index contributed by atoms with van der Waals surface area (Å²) < 4.78 is 1.94. The van der Waals surface area contributed by atoms with E-state index >= 15 is 0 Å². The SMILES string of the molecule is O=C1Nc2cc(Cl)ccc2/C1=C\c1cnc2ccccn12. The maximum Gasteiger partial charge on any atom is 0.256 e. The van der Waals surface area contributed by atoms with Crippen molar-refractivity contribution < 1.29 is 4.79 Å². The molecule has 1 aliphatic rings. The number of aromatic nitrogens is 2. The fourth-order valence-corrected chi connectivity index (χ4v) is 2.69. The number of anilines is 1. The molecule has 2 aromatic heterocycles. The average molecular weight is 296 g/mol. The Hall–Kier alpha value is -2.59. The van der Waals surface area contributed by atoms with Crippen molar-refractivity contribution in [2.45, 2.75) is 0 Å². The van der Waals surface area contributed by atoms with Gasteiger partial charge in [0.1, 0.15) is 5.65 Å². The van der Waals surface area contributed by atoms with Gasteiger partial charge in [-0.15, -0.1) is 0 Å². The van der Waals surface area contributed by atoms with E-state index in [1.165, 1.54) is 0 Å². The molecule has 0 spiro atoms. The zero-order chi connectivity index (χ0) is 14.4. The quantitative estimate of drug-likeness (QED) is 0.699. The van der Waals surface area contributed by atoms with E-state index in [0.717, 1.165) is 22.6 Å². The van der Waals surface area contributed by atoms with Crippen molar-refractivity contribution in [2.24, 2.45) is 0 Å². The summed E-state index contributed by atoms with van der Waals surface area (Å²) in [5, 5.41) is 3.43. The second-order valence-corrected chi connectivity index (χ2v) is 5.25. The standard InChI is InChI=1S/C16H10ClN3O/c17-10-4-5-12-13(16(21)19-14(12)7-10)8-11-9-18-15-3-1-2-6-20(11)15/h1-9H,(H,19,21)/b13-8+. The Kier molecular flexibility index (Phi) is 2.59. The van der Waals surface area contributed by atoms with Crippen molar-refractivity contribution in [1.29, 1.82) is 0 Å². The lowest BCUT2D eigenvalue weighted by Gasteiger charge is -1.99. The van der Waals surface area contributed by atoms with Crippen LogP contribution in [0.2, 0.25) is 5.02 Å². The highest BCUT2D eigenvalue weighted by atomic mass is 35.5. The van der Waals surface area contributed by atoms with E-state index in [0.29, 0.717) is 10.6 Å². The number of imidazole rings is 1. The molecule has 0 radical (unpaired) electrons. The molecule has 0 atom stereocenters. The fourth-order valence-electron chi connectivity index (χ4n) is 2.52. The van der Waals surface area contributed by atoms with Crippen molar-refractivity contribution >= 4 is 40.5 Å². The molecular formula is C16H10ClN3O. The molecule has 1 N–H and O–H groups in total. The minimum atomic E-state index is -0.127. The van der Waals surface area contributed by atoms with Crippen LogP contribution in [0.5, 0.6) is 0 Å². The first-order valence-electron chi connectivity index (χ1n) is 6.47. The summed E-state index contributed by atoms with van der Waals surface area (Å²) in [6, 6.07) is 11.2. The number of nitrogens with one attached hydrogen (secondary N) is 1. The molecule has 3 aromatic rings. The monoisotopic (exact) mass is 295 g/mol. The largest absolute Gasteiger partial charge is 0.321 e. The molecule has 0 bridgehead atoms. The van der Waals surface area contributed by atoms with E-state index in [1.54, 1.807) is 18.3 Å². The third-order valence-electron chi connectivity index (χ3n) is 3.50. The van der Waals surface area contributed by atoms with Gasteiger partial charge in [-0.1, -0.05) is 23.7 Å². The van der Waals surface area contributed by atoms with Gasteiger partial charge in [-0.2, -0.15) is 0 Å². The lowest BCUT2D eigenvalue weighted by molar-refractivity contribution is -0.110. The summed E-state index contributed by atoms with van der Waals surface area (Å²) in [6.07, 6.45) is 5.52. The number of halogens is 1. The number of pyridine rings is 1. The summed E-state index contributed by atoms with van der Waals surface area (Å²) in [7, 11) is 0. The molecule has 102 valence electrons. The zero-order valence-electron chi connectivity index (χ0n) is 10.9. The molecule has 0 aliphatic carbocycles. The number of fused-ring (bicyclic) bond motifs is 2. The van der Waals surface area contributed by atoms with Gasteiger partial charge in [0.15, 0.2) is 0 Å². The maximum absolute atomic E-state index is 12.2. The second-order valence-electron chi connectivity index (χ2n) is 4.81. The van der Waals surface area contributed by atoms with Gasteiger partial charge in [-0.3, -0.25) is 4.79 Å². The van der Waals surface area contributed by atoms with Crippen LogP contribution < -0.4 is 5.32 Å². The van der Waals surface area contributed by atoms with Gasteiger partial charge < -0.3 is 9.72 Å². The molecule has 1 aromatic carbocycles. The van der Waals surface area contributed by atoms with Crippen LogP contribution in [0.3, 0.4) is 0 Å². The van der Waals surface area contributed by atoms with Gasteiger partial charge >= 0.3 is 0 Å². The van der Waals surface area contributed by atoms with E-state index in [1.807, 2.05) is 40.9 Å². The molecule has 5 heteroatoms. The van der Waals surface area contributed by atoms with Gasteiger partial charge in [0, 0.05) is 16.8 Å². The molecule has 21 heavy (non-hydrogen) atoms. The van der Waals surface area contributed by atoms with Crippen LogP contribution in [0.15, 0.2) is 48.8 Å². The van der Waals surface area contributed by atoms with Crippen molar-refractivity contribution in [3.63, 3.8) is 0 Å². The number of carbonyl (C=O) groups excluding carboxylic acids is 1. The Labute approximate surface area is 125 Å². The number of carbonyl (C=O) groups is 1. The number of rotatable bonds is 1. The predicted molar refractivity (Wildman–Crippen MR) is 83.1 cm³/mol. The van der Waals surface area contributed by atoms with Crippen molar-refractivity contribution in [2.75, 3.05) is 5.32 Å². The Morgan fingerprint density at radius 2 is 2.14 bits per heavy atom. The minimum Gasteiger partial charge on any atom is -0.321 e. The van der Waals surface area contributed by atoms with Crippen molar-refractivity contribution in [3.05, 3.63) is 65.1 Å². The molecule has 1 aliphatic heterocycles. The number of nitrogens with zero attached hydrogens (tertiary/aromatic N) is 2. The van der Waals surface area contributed by atoms with E-state index in [-0.39, 0.29) is 5.91 Å². The van der Waals surface area contributed by atoms with Gasteiger partial charge in [0.2, 0.25) is 0 Å². The first-order chi connectivity index (χ1) is 10.2. The van der Waals surface area contributed by atoms with Crippen LogP contribution >= 0.6 is 11.6 Å². The Balaban J connectivity index is 1.89. The Morgan fingerprint density at radius 1 is 1.24 bits per heavy atom. The van der Waals surface area contributed by atoms with Crippen LogP contribution in [0, 0.1) is 0 Å². The number of hydrogen-bond donors (Lipinski definition) is 1. The molecule has 0 unspecified atom stereocenters. The van der Waals surface area contributed by atoms with Gasteiger partial charge in [-0.25, -0.2) is 4.98 Å². The smallest absolute Gasteiger partial charge is 0.256 e. The highest BCUT2D eigenvalue weighted by Gasteiger charge is 2.24. The number of benzene rings is 1. The minimum absolute atomic E-state index is 0.127. The van der Waals surface area contributed by atoms with Crippen LogP contribution in [0.1, 0.15) is 11.3 Å². The van der Waals surface area contributed by atoms with Gasteiger partial charge in [0.05, 0.1) is 23.2 Å². The summed E-state index contributed by atoms with van der Waals surface area (Å²) in [5.74, 6) is -0.127. The molecule has 3 heterocycles. The van der Waals surface area contributed by atoms with Crippen LogP contribution in [0.4, 0.5) is 5.69 Å². The topological polar surface area (TPSA) is 46.4 Å². The van der Waals surface area contributed by atoms with E-state index in [9.17, 15) is 4.79 Å². The number of amides is 1. The van der Waals surface area contributed by atoms with E-state index < -0.39 is 0 Å². The molecule has 4 nitrogen and oxygen atoms in total. The maximum atomic E-state index is 12.2. The molecule has 0 saturated carbocycles. The number of hydrogen-bond acceptors (Lipinski definition) is 2. The zero-order valence-corrected chi connectivity index (χ0v) is 11.6. The lowest BCUT2D eigenvalue weighted by atomic mass is 10.1. The highest BCUT2D eigenvalue weighted by Crippen LogP contribution is 2.34. The van der Waals surface area contributed by atoms with Gasteiger partial charge in [-0.05, 0) is 30.3 Å². The first-order valence-corrected chi connectivity index (χ1v) is 6.85. The normalized spacial score (nSPS) is 15.5. The second kappa shape index (κ2) is 4.46. The summed E-state index contributed by atoms with van der Waals surface area (Å²) in [6.45, 7) is 0. The van der Waals surface area contributed by atoms with Crippen LogP contribution in [-0.4, -0.2) is 15.3 Å². The lowest BCUT2D eigenvalue weighted by Crippen LogP contribution is -2.03. The predicted octanol–water partition coefficient (Wildman–Crippen LogP) is 3.48. The molecule has 0 saturated heterocycles. The van der Waals surface area contributed by atoms with E-state index in [4.69, 9.17) is 11.6 Å². The third-order valence-corrected chi connectivity index (χ3v) is 3.74. The Morgan fingerprint density at radius 3 is 3.05 bits per heavy atom. The first kappa shape index (κ1) is 12.2. The highest BCUT2D eigenvalue weighted by molar-refractivity contribution is 6.36. The van der Waals surface area contributed by atoms with Crippen molar-refractivity contribution in [1.82, 2.24) is 9.38 Å². The third kappa shape index (κ3) is 1.92. The average Bonchev–Trinajstić information content (AvgIpc) is 3.01. The van der Waals surface area contributed by atoms with Crippen molar-refractivity contribution in [3.8, 4) is 0 Å². The molecule has 0 fully saturated rings. The van der Waals surface area contributed by atoms with Crippen LogP contribution in [-0.2, 0) is 4.79 Å².